The van der Waals surface area contributed by atoms with E-state index in [0.29, 0.717) is 0 Å². The molecule has 0 atom stereocenters. The van der Waals surface area contributed by atoms with Crippen molar-refractivity contribution in [3.05, 3.63) is 36.0 Å². The van der Waals surface area contributed by atoms with Crippen LogP contribution in [0.4, 0.5) is 0 Å². The molecule has 2 N–H and O–H groups in total. The molecule has 0 saturated heterocycles. The molecule has 2 aromatic rings. The summed E-state index contributed by atoms with van der Waals surface area (Å²) in [5.41, 5.74) is 2.04. The number of nitrogens with one attached hydrogen (secondary N) is 1. The molecule has 0 unspecified atom stereocenters. The van der Waals surface area contributed by atoms with Gasteiger partial charge in [0.05, 0.1) is 5.60 Å². The average molecular weight is 288 g/mol. The molecule has 116 valence electrons. The molecule has 1 aromatic heterocycles. The number of aromatic nitrogens is 1. The van der Waals surface area contributed by atoms with Gasteiger partial charge in [-0.25, -0.2) is 0 Å². The lowest BCUT2D eigenvalue weighted by atomic mass is 10.1. The highest BCUT2D eigenvalue weighted by molar-refractivity contribution is 5.80. The fourth-order valence-electron chi connectivity index (χ4n) is 2.30. The molecule has 0 bridgehead atoms. The van der Waals surface area contributed by atoms with Crippen molar-refractivity contribution in [2.75, 3.05) is 0 Å². The molecule has 0 spiro atoms. The summed E-state index contributed by atoms with van der Waals surface area (Å²) in [4.78, 5) is 0. The van der Waals surface area contributed by atoms with Gasteiger partial charge in [0, 0.05) is 30.3 Å². The SMILES string of the molecule is CC(C)(O)CCn1ccc2ccc(CNC(C)(C)C)cc21. The van der Waals surface area contributed by atoms with Crippen molar-refractivity contribution >= 4 is 10.9 Å². The van der Waals surface area contributed by atoms with Crippen LogP contribution < -0.4 is 5.32 Å². The van der Waals surface area contributed by atoms with E-state index in [0.717, 1.165) is 19.5 Å². The molecule has 0 aliphatic rings. The third-order valence-electron chi connectivity index (χ3n) is 3.63. The van der Waals surface area contributed by atoms with Crippen molar-refractivity contribution in [1.82, 2.24) is 9.88 Å². The lowest BCUT2D eigenvalue weighted by Gasteiger charge is -2.21. The van der Waals surface area contributed by atoms with Gasteiger partial charge in [0.25, 0.3) is 0 Å². The third kappa shape index (κ3) is 4.87. The van der Waals surface area contributed by atoms with Crippen molar-refractivity contribution < 1.29 is 5.11 Å². The summed E-state index contributed by atoms with van der Waals surface area (Å²) in [5, 5.41) is 14.7. The Kier molecular flexibility index (Phi) is 4.45. The molecular formula is C18H28N2O. The van der Waals surface area contributed by atoms with Gasteiger partial charge in [-0.15, -0.1) is 0 Å². The largest absolute Gasteiger partial charge is 0.390 e. The molecule has 0 aliphatic carbocycles. The summed E-state index contributed by atoms with van der Waals surface area (Å²) in [6, 6.07) is 8.75. The summed E-state index contributed by atoms with van der Waals surface area (Å²) < 4.78 is 2.23. The molecule has 21 heavy (non-hydrogen) atoms. The summed E-state index contributed by atoms with van der Waals surface area (Å²) in [6.45, 7) is 12.0. The zero-order valence-corrected chi connectivity index (χ0v) is 13.9. The first-order chi connectivity index (χ1) is 9.64. The first-order valence-corrected chi connectivity index (χ1v) is 7.69. The molecular weight excluding hydrogens is 260 g/mol. The van der Waals surface area contributed by atoms with E-state index in [1.165, 1.54) is 16.5 Å². The lowest BCUT2D eigenvalue weighted by Crippen LogP contribution is -2.35. The zero-order valence-electron chi connectivity index (χ0n) is 13.9. The Bertz CT molecular complexity index is 600. The second kappa shape index (κ2) is 5.82. The van der Waals surface area contributed by atoms with Gasteiger partial charge in [0.1, 0.15) is 0 Å². The standard InChI is InChI=1S/C18H28N2O/c1-17(2,3)19-13-14-6-7-15-8-10-20(16(15)12-14)11-9-18(4,5)21/h6-8,10,12,19,21H,9,11,13H2,1-5H3. The van der Waals surface area contributed by atoms with E-state index in [9.17, 15) is 5.11 Å². The molecule has 0 amide bonds. The molecule has 0 fully saturated rings. The molecule has 0 radical (unpaired) electrons. The summed E-state index contributed by atoms with van der Waals surface area (Å²) in [6.07, 6.45) is 2.86. The smallest absolute Gasteiger partial charge is 0.0608 e. The van der Waals surface area contributed by atoms with E-state index in [1.54, 1.807) is 0 Å². The molecule has 3 nitrogen and oxygen atoms in total. The van der Waals surface area contributed by atoms with Crippen LogP contribution in [0.2, 0.25) is 0 Å². The second-order valence-electron chi connectivity index (χ2n) is 7.57. The van der Waals surface area contributed by atoms with Crippen LogP contribution in [0.15, 0.2) is 30.5 Å². The van der Waals surface area contributed by atoms with Crippen molar-refractivity contribution in [3.8, 4) is 0 Å². The van der Waals surface area contributed by atoms with Gasteiger partial charge >= 0.3 is 0 Å². The Morgan fingerprint density at radius 1 is 1.10 bits per heavy atom. The normalized spacial score (nSPS) is 13.0. The summed E-state index contributed by atoms with van der Waals surface area (Å²) >= 11 is 0. The van der Waals surface area contributed by atoms with Crippen molar-refractivity contribution in [2.45, 2.75) is 65.3 Å². The zero-order chi connectivity index (χ0) is 15.7. The Labute approximate surface area is 128 Å². The maximum absolute atomic E-state index is 9.89. The van der Waals surface area contributed by atoms with Crippen LogP contribution in [0.1, 0.15) is 46.6 Å². The van der Waals surface area contributed by atoms with Crippen molar-refractivity contribution in [3.63, 3.8) is 0 Å². The third-order valence-corrected chi connectivity index (χ3v) is 3.63. The van der Waals surface area contributed by atoms with Gasteiger partial charge in [-0.1, -0.05) is 12.1 Å². The van der Waals surface area contributed by atoms with Gasteiger partial charge in [-0.05, 0) is 64.1 Å². The Balaban J connectivity index is 2.17. The maximum atomic E-state index is 9.89. The van der Waals surface area contributed by atoms with Crippen LogP contribution in [0.3, 0.4) is 0 Å². The highest BCUT2D eigenvalue weighted by atomic mass is 16.3. The number of benzene rings is 1. The van der Waals surface area contributed by atoms with E-state index in [1.807, 2.05) is 13.8 Å². The topological polar surface area (TPSA) is 37.2 Å². The van der Waals surface area contributed by atoms with Crippen molar-refractivity contribution in [2.24, 2.45) is 0 Å². The number of aliphatic hydroxyl groups is 1. The number of rotatable bonds is 5. The van der Waals surface area contributed by atoms with Gasteiger partial charge in [0.15, 0.2) is 0 Å². The van der Waals surface area contributed by atoms with Crippen LogP contribution in [0, 0.1) is 0 Å². The van der Waals surface area contributed by atoms with Crippen LogP contribution in [-0.4, -0.2) is 20.8 Å². The van der Waals surface area contributed by atoms with E-state index in [2.05, 4.69) is 61.1 Å². The monoisotopic (exact) mass is 288 g/mol. The molecule has 0 aliphatic heterocycles. The summed E-state index contributed by atoms with van der Waals surface area (Å²) in [7, 11) is 0. The lowest BCUT2D eigenvalue weighted by molar-refractivity contribution is 0.0666. The second-order valence-corrected chi connectivity index (χ2v) is 7.57. The Morgan fingerprint density at radius 3 is 2.43 bits per heavy atom. The predicted octanol–water partition coefficient (Wildman–Crippen LogP) is 3.69. The molecule has 1 aromatic carbocycles. The van der Waals surface area contributed by atoms with E-state index < -0.39 is 5.60 Å². The van der Waals surface area contributed by atoms with E-state index >= 15 is 0 Å². The number of fused-ring (bicyclic) bond motifs is 1. The number of nitrogens with zero attached hydrogens (tertiary/aromatic N) is 1. The minimum Gasteiger partial charge on any atom is -0.390 e. The Morgan fingerprint density at radius 2 is 1.81 bits per heavy atom. The van der Waals surface area contributed by atoms with Gasteiger partial charge in [0.2, 0.25) is 0 Å². The number of aryl methyl sites for hydroxylation is 1. The van der Waals surface area contributed by atoms with Gasteiger partial charge < -0.3 is 15.0 Å². The van der Waals surface area contributed by atoms with Crippen LogP contribution >= 0.6 is 0 Å². The van der Waals surface area contributed by atoms with Gasteiger partial charge in [-0.2, -0.15) is 0 Å². The van der Waals surface area contributed by atoms with E-state index in [4.69, 9.17) is 0 Å². The first-order valence-electron chi connectivity index (χ1n) is 7.69. The molecule has 0 saturated carbocycles. The number of hydrogen-bond acceptors (Lipinski definition) is 2. The van der Waals surface area contributed by atoms with Crippen molar-refractivity contribution in [1.29, 1.82) is 0 Å². The van der Waals surface area contributed by atoms with Crippen LogP contribution in [-0.2, 0) is 13.1 Å². The molecule has 3 heteroatoms. The first kappa shape index (κ1) is 16.1. The predicted molar refractivity (Wildman–Crippen MR) is 89.4 cm³/mol. The van der Waals surface area contributed by atoms with E-state index in [-0.39, 0.29) is 5.54 Å². The fraction of sp³-hybridized carbons (Fsp3) is 0.556. The quantitative estimate of drug-likeness (QED) is 0.880. The summed E-state index contributed by atoms with van der Waals surface area (Å²) in [5.74, 6) is 0. The van der Waals surface area contributed by atoms with Crippen LogP contribution in [0.5, 0.6) is 0 Å². The Hall–Kier alpha value is -1.32. The van der Waals surface area contributed by atoms with Crippen LogP contribution in [0.25, 0.3) is 10.9 Å². The highest BCUT2D eigenvalue weighted by Crippen LogP contribution is 2.20. The van der Waals surface area contributed by atoms with Gasteiger partial charge in [-0.3, -0.25) is 0 Å². The minimum atomic E-state index is -0.623. The highest BCUT2D eigenvalue weighted by Gasteiger charge is 2.13. The molecule has 1 heterocycles. The molecule has 2 rings (SSSR count). The average Bonchev–Trinajstić information content (AvgIpc) is 2.74. The fourth-order valence-corrected chi connectivity index (χ4v) is 2.30. The maximum Gasteiger partial charge on any atom is 0.0608 e. The number of hydrogen-bond donors (Lipinski definition) is 2. The minimum absolute atomic E-state index is 0.123.